The summed E-state index contributed by atoms with van der Waals surface area (Å²) in [7, 11) is 2.16. The topological polar surface area (TPSA) is 29.3 Å². The molecule has 1 saturated carbocycles. The number of rotatable bonds is 3. The smallest absolute Gasteiger partial charge is 0.106 e. The fraction of sp³-hybridized carbons (Fsp3) is 0.533. The van der Waals surface area contributed by atoms with Crippen molar-refractivity contribution in [2.45, 2.75) is 38.6 Å². The maximum atomic E-state index is 5.85. The third-order valence-corrected chi connectivity index (χ3v) is 4.77. The summed E-state index contributed by atoms with van der Waals surface area (Å²) < 4.78 is 1.07. The van der Waals surface area contributed by atoms with Gasteiger partial charge >= 0.3 is 0 Å². The standard InChI is InChI=1S/C15H21BrN2S/c1-10-4-3-5-12(8-10)18(2)14-9-11(16)6-7-13(14)15(17)19/h6-7,9-10,12H,3-5,8H2,1-2H3,(H2,17,19). The first-order chi connectivity index (χ1) is 8.99. The van der Waals surface area contributed by atoms with Crippen molar-refractivity contribution >= 4 is 38.8 Å². The predicted molar refractivity (Wildman–Crippen MR) is 89.9 cm³/mol. The molecule has 1 aliphatic rings. The van der Waals surface area contributed by atoms with Crippen LogP contribution in [0.4, 0.5) is 5.69 Å². The van der Waals surface area contributed by atoms with Crippen LogP contribution in [-0.2, 0) is 0 Å². The lowest BCUT2D eigenvalue weighted by Crippen LogP contribution is -2.36. The van der Waals surface area contributed by atoms with Crippen molar-refractivity contribution in [2.24, 2.45) is 11.7 Å². The highest BCUT2D eigenvalue weighted by molar-refractivity contribution is 9.10. The van der Waals surface area contributed by atoms with Crippen LogP contribution < -0.4 is 10.6 Å². The van der Waals surface area contributed by atoms with Gasteiger partial charge < -0.3 is 10.6 Å². The average Bonchev–Trinajstić information content (AvgIpc) is 2.37. The summed E-state index contributed by atoms with van der Waals surface area (Å²) in [5.74, 6) is 0.807. The summed E-state index contributed by atoms with van der Waals surface area (Å²) in [4.78, 5) is 2.83. The Morgan fingerprint density at radius 2 is 2.16 bits per heavy atom. The van der Waals surface area contributed by atoms with E-state index in [4.69, 9.17) is 18.0 Å². The van der Waals surface area contributed by atoms with E-state index in [1.165, 1.54) is 25.7 Å². The first-order valence-corrected chi connectivity index (χ1v) is 8.01. The molecule has 2 N–H and O–H groups in total. The number of halogens is 1. The van der Waals surface area contributed by atoms with Crippen LogP contribution in [0.5, 0.6) is 0 Å². The first kappa shape index (κ1) is 14.8. The molecule has 1 aromatic carbocycles. The minimum Gasteiger partial charge on any atom is -0.389 e. The third-order valence-electron chi connectivity index (χ3n) is 4.06. The normalized spacial score (nSPS) is 23.1. The van der Waals surface area contributed by atoms with E-state index < -0.39 is 0 Å². The molecule has 2 atom stereocenters. The Hall–Kier alpha value is -0.610. The number of thiocarbonyl (C=S) groups is 1. The highest BCUT2D eigenvalue weighted by atomic mass is 79.9. The summed E-state index contributed by atoms with van der Waals surface area (Å²) in [5, 5.41) is 0. The summed E-state index contributed by atoms with van der Waals surface area (Å²) in [5.41, 5.74) is 7.96. The van der Waals surface area contributed by atoms with Gasteiger partial charge in [0.2, 0.25) is 0 Å². The highest BCUT2D eigenvalue weighted by Crippen LogP contribution is 2.32. The van der Waals surface area contributed by atoms with E-state index in [0.717, 1.165) is 21.6 Å². The van der Waals surface area contributed by atoms with Crippen LogP contribution in [0, 0.1) is 5.92 Å². The minimum absolute atomic E-state index is 0.471. The Kier molecular flexibility index (Phi) is 4.85. The Morgan fingerprint density at radius 1 is 1.42 bits per heavy atom. The van der Waals surface area contributed by atoms with Gasteiger partial charge in [0.05, 0.1) is 0 Å². The molecule has 19 heavy (non-hydrogen) atoms. The first-order valence-electron chi connectivity index (χ1n) is 6.81. The van der Waals surface area contributed by atoms with Gasteiger partial charge in [-0.15, -0.1) is 0 Å². The van der Waals surface area contributed by atoms with Crippen molar-refractivity contribution in [1.29, 1.82) is 0 Å². The van der Waals surface area contributed by atoms with Crippen LogP contribution in [-0.4, -0.2) is 18.1 Å². The van der Waals surface area contributed by atoms with E-state index in [0.29, 0.717) is 11.0 Å². The lowest BCUT2D eigenvalue weighted by Gasteiger charge is -2.36. The maximum Gasteiger partial charge on any atom is 0.106 e. The van der Waals surface area contributed by atoms with Crippen molar-refractivity contribution < 1.29 is 0 Å². The van der Waals surface area contributed by atoms with Crippen molar-refractivity contribution in [3.63, 3.8) is 0 Å². The number of nitrogens with zero attached hydrogens (tertiary/aromatic N) is 1. The van der Waals surface area contributed by atoms with Crippen LogP contribution in [0.2, 0.25) is 0 Å². The molecule has 0 heterocycles. The molecule has 2 unspecified atom stereocenters. The molecule has 2 rings (SSSR count). The second-order valence-corrected chi connectivity index (χ2v) is 6.92. The number of hydrogen-bond acceptors (Lipinski definition) is 2. The maximum absolute atomic E-state index is 5.85. The molecule has 4 heteroatoms. The summed E-state index contributed by atoms with van der Waals surface area (Å²) in [6.07, 6.45) is 5.17. The Morgan fingerprint density at radius 3 is 2.79 bits per heavy atom. The van der Waals surface area contributed by atoms with Gasteiger partial charge in [0.1, 0.15) is 4.99 Å². The molecule has 0 bridgehead atoms. The van der Waals surface area contributed by atoms with E-state index in [1.807, 2.05) is 12.1 Å². The Balaban J connectivity index is 2.29. The zero-order valence-electron chi connectivity index (χ0n) is 11.5. The van der Waals surface area contributed by atoms with Gasteiger partial charge in [-0.3, -0.25) is 0 Å². The molecule has 0 aromatic heterocycles. The van der Waals surface area contributed by atoms with Crippen molar-refractivity contribution in [3.8, 4) is 0 Å². The third kappa shape index (κ3) is 3.48. The summed E-state index contributed by atoms with van der Waals surface area (Å²) in [6, 6.07) is 6.71. The zero-order valence-corrected chi connectivity index (χ0v) is 13.9. The molecule has 0 spiro atoms. The number of nitrogens with two attached hydrogens (primary N) is 1. The predicted octanol–water partition coefficient (Wildman–Crippen LogP) is 4.10. The molecule has 1 aliphatic carbocycles. The summed E-state index contributed by atoms with van der Waals surface area (Å²) in [6.45, 7) is 2.34. The van der Waals surface area contributed by atoms with Crippen molar-refractivity contribution in [2.75, 3.05) is 11.9 Å². The van der Waals surface area contributed by atoms with E-state index in [9.17, 15) is 0 Å². The highest BCUT2D eigenvalue weighted by Gasteiger charge is 2.24. The second kappa shape index (κ2) is 6.23. The average molecular weight is 341 g/mol. The quantitative estimate of drug-likeness (QED) is 0.840. The van der Waals surface area contributed by atoms with Gasteiger partial charge in [0.15, 0.2) is 0 Å². The molecule has 0 radical (unpaired) electrons. The molecule has 0 saturated heterocycles. The monoisotopic (exact) mass is 340 g/mol. The molecular formula is C15H21BrN2S. The molecular weight excluding hydrogens is 320 g/mol. The molecule has 1 aromatic rings. The van der Waals surface area contributed by atoms with Gasteiger partial charge in [-0.25, -0.2) is 0 Å². The Labute approximate surface area is 129 Å². The molecule has 1 fully saturated rings. The number of hydrogen-bond donors (Lipinski definition) is 1. The van der Waals surface area contributed by atoms with Crippen molar-refractivity contribution in [3.05, 3.63) is 28.2 Å². The van der Waals surface area contributed by atoms with Crippen molar-refractivity contribution in [1.82, 2.24) is 0 Å². The molecule has 0 amide bonds. The van der Waals surface area contributed by atoms with Gasteiger partial charge in [-0.05, 0) is 37.0 Å². The van der Waals surface area contributed by atoms with Gasteiger partial charge in [0, 0.05) is 28.8 Å². The fourth-order valence-electron chi connectivity index (χ4n) is 2.96. The lowest BCUT2D eigenvalue weighted by molar-refractivity contribution is 0.336. The SMILES string of the molecule is CC1CCCC(N(C)c2cc(Br)ccc2C(N)=S)C1. The van der Waals surface area contributed by atoms with Crippen LogP contribution in [0.3, 0.4) is 0 Å². The van der Waals surface area contributed by atoms with Crippen LogP contribution >= 0.6 is 28.1 Å². The number of benzene rings is 1. The van der Waals surface area contributed by atoms with Crippen LogP contribution in [0.15, 0.2) is 22.7 Å². The van der Waals surface area contributed by atoms with E-state index in [-0.39, 0.29) is 0 Å². The minimum atomic E-state index is 0.471. The second-order valence-electron chi connectivity index (χ2n) is 5.56. The van der Waals surface area contributed by atoms with E-state index in [2.05, 4.69) is 40.9 Å². The molecule has 0 aliphatic heterocycles. The summed E-state index contributed by atoms with van der Waals surface area (Å²) >= 11 is 8.71. The molecule has 2 nitrogen and oxygen atoms in total. The van der Waals surface area contributed by atoms with E-state index in [1.54, 1.807) is 0 Å². The van der Waals surface area contributed by atoms with Gasteiger partial charge in [-0.2, -0.15) is 0 Å². The molecule has 104 valence electrons. The Bertz CT molecular complexity index is 475. The zero-order chi connectivity index (χ0) is 14.0. The number of anilines is 1. The van der Waals surface area contributed by atoms with Crippen LogP contribution in [0.1, 0.15) is 38.2 Å². The largest absolute Gasteiger partial charge is 0.389 e. The van der Waals surface area contributed by atoms with Gasteiger partial charge in [0.25, 0.3) is 0 Å². The van der Waals surface area contributed by atoms with Crippen LogP contribution in [0.25, 0.3) is 0 Å². The lowest BCUT2D eigenvalue weighted by atomic mass is 9.86. The van der Waals surface area contributed by atoms with Gasteiger partial charge in [-0.1, -0.05) is 47.9 Å². The van der Waals surface area contributed by atoms with E-state index >= 15 is 0 Å². The fourth-order valence-corrected chi connectivity index (χ4v) is 3.48.